The van der Waals surface area contributed by atoms with E-state index in [0.717, 1.165) is 6.42 Å². The van der Waals surface area contributed by atoms with Crippen molar-refractivity contribution in [2.24, 2.45) is 5.92 Å². The van der Waals surface area contributed by atoms with Crippen molar-refractivity contribution in [1.82, 2.24) is 4.90 Å². The lowest BCUT2D eigenvalue weighted by Gasteiger charge is -2.36. The molecule has 0 radical (unpaired) electrons. The molecule has 0 aliphatic heterocycles. The second-order valence-electron chi connectivity index (χ2n) is 5.92. The molecule has 0 aromatic rings. The molecule has 1 unspecified atom stereocenters. The average Bonchev–Trinajstić information content (AvgIpc) is 2.15. The summed E-state index contributed by atoms with van der Waals surface area (Å²) in [5.74, 6) is 0.589. The summed E-state index contributed by atoms with van der Waals surface area (Å²) in [5.41, 5.74) is -0.400. The van der Waals surface area contributed by atoms with E-state index in [4.69, 9.17) is 4.74 Å². The molecule has 3 heteroatoms. The van der Waals surface area contributed by atoms with Gasteiger partial charge in [0.25, 0.3) is 0 Å². The molecule has 94 valence electrons. The van der Waals surface area contributed by atoms with Crippen LogP contribution in [0.15, 0.2) is 0 Å². The fourth-order valence-corrected chi connectivity index (χ4v) is 2.34. The fourth-order valence-electron chi connectivity index (χ4n) is 2.34. The van der Waals surface area contributed by atoms with E-state index in [9.17, 15) is 4.79 Å². The van der Waals surface area contributed by atoms with E-state index in [1.165, 1.54) is 19.3 Å². The molecule has 1 amide bonds. The Kier molecular flexibility index (Phi) is 4.22. The Morgan fingerprint density at radius 3 is 2.31 bits per heavy atom. The summed E-state index contributed by atoms with van der Waals surface area (Å²) in [5, 5.41) is 0. The summed E-state index contributed by atoms with van der Waals surface area (Å²) in [7, 11) is 1.86. The van der Waals surface area contributed by atoms with E-state index in [-0.39, 0.29) is 6.09 Å². The van der Waals surface area contributed by atoms with E-state index in [1.54, 1.807) is 4.90 Å². The third-order valence-electron chi connectivity index (χ3n) is 3.25. The molecule has 1 aliphatic carbocycles. The van der Waals surface area contributed by atoms with Crippen molar-refractivity contribution in [3.63, 3.8) is 0 Å². The van der Waals surface area contributed by atoms with Gasteiger partial charge in [0.05, 0.1) is 0 Å². The van der Waals surface area contributed by atoms with Crippen molar-refractivity contribution in [3.05, 3.63) is 0 Å². The number of hydrogen-bond acceptors (Lipinski definition) is 2. The van der Waals surface area contributed by atoms with Gasteiger partial charge in [-0.1, -0.05) is 19.8 Å². The van der Waals surface area contributed by atoms with Crippen LogP contribution in [0.4, 0.5) is 4.79 Å². The molecule has 2 atom stereocenters. The van der Waals surface area contributed by atoms with Gasteiger partial charge in [-0.2, -0.15) is 0 Å². The SMILES string of the molecule is CC1CCCC[C@@H]1N(C)C(=O)OC(C)(C)C. The molecule has 1 rings (SSSR count). The molecule has 0 saturated heterocycles. The zero-order valence-corrected chi connectivity index (χ0v) is 11.2. The van der Waals surface area contributed by atoms with Gasteiger partial charge in [0.1, 0.15) is 5.60 Å². The Labute approximate surface area is 99.1 Å². The predicted octanol–water partition coefficient (Wildman–Crippen LogP) is 3.43. The van der Waals surface area contributed by atoms with Gasteiger partial charge in [-0.25, -0.2) is 4.79 Å². The fraction of sp³-hybridized carbons (Fsp3) is 0.923. The Bertz CT molecular complexity index is 245. The molecule has 1 aliphatic rings. The van der Waals surface area contributed by atoms with Crippen LogP contribution >= 0.6 is 0 Å². The van der Waals surface area contributed by atoms with Crippen LogP contribution in [0.2, 0.25) is 0 Å². The molecule has 1 saturated carbocycles. The molecule has 0 aromatic heterocycles. The summed E-state index contributed by atoms with van der Waals surface area (Å²) in [4.78, 5) is 13.7. The van der Waals surface area contributed by atoms with E-state index in [1.807, 2.05) is 27.8 Å². The minimum atomic E-state index is -0.400. The average molecular weight is 227 g/mol. The lowest BCUT2D eigenvalue weighted by Crippen LogP contribution is -2.44. The van der Waals surface area contributed by atoms with E-state index < -0.39 is 5.60 Å². The van der Waals surface area contributed by atoms with Crippen LogP contribution in [-0.4, -0.2) is 29.7 Å². The summed E-state index contributed by atoms with van der Waals surface area (Å²) < 4.78 is 5.39. The molecule has 0 bridgehead atoms. The van der Waals surface area contributed by atoms with E-state index >= 15 is 0 Å². The molecular formula is C13H25NO2. The maximum absolute atomic E-state index is 11.9. The third-order valence-corrected chi connectivity index (χ3v) is 3.25. The van der Waals surface area contributed by atoms with Gasteiger partial charge in [-0.3, -0.25) is 0 Å². The Morgan fingerprint density at radius 1 is 1.25 bits per heavy atom. The minimum absolute atomic E-state index is 0.189. The van der Waals surface area contributed by atoms with Crippen molar-refractivity contribution < 1.29 is 9.53 Å². The first-order chi connectivity index (χ1) is 7.31. The molecule has 0 heterocycles. The zero-order valence-electron chi connectivity index (χ0n) is 11.2. The Hall–Kier alpha value is -0.730. The van der Waals surface area contributed by atoms with Crippen LogP contribution in [0.1, 0.15) is 53.4 Å². The van der Waals surface area contributed by atoms with Crippen molar-refractivity contribution in [1.29, 1.82) is 0 Å². The topological polar surface area (TPSA) is 29.5 Å². The zero-order chi connectivity index (χ0) is 12.3. The number of carbonyl (C=O) groups is 1. The number of amides is 1. The standard InChI is InChI=1S/C13H25NO2/c1-10-8-6-7-9-11(10)14(5)12(15)16-13(2,3)4/h10-11H,6-9H2,1-5H3/t10?,11-/m0/s1. The summed E-state index contributed by atoms with van der Waals surface area (Å²) in [6, 6.07) is 0.351. The molecule has 0 spiro atoms. The maximum atomic E-state index is 11.9. The number of carbonyl (C=O) groups excluding carboxylic acids is 1. The first-order valence-corrected chi connectivity index (χ1v) is 6.27. The van der Waals surface area contributed by atoms with E-state index in [2.05, 4.69) is 6.92 Å². The highest BCUT2D eigenvalue weighted by atomic mass is 16.6. The number of hydrogen-bond donors (Lipinski definition) is 0. The molecule has 0 aromatic carbocycles. The van der Waals surface area contributed by atoms with Crippen LogP contribution in [0, 0.1) is 5.92 Å². The molecular weight excluding hydrogens is 202 g/mol. The molecule has 0 N–H and O–H groups in total. The highest BCUT2D eigenvalue weighted by Crippen LogP contribution is 2.28. The summed E-state index contributed by atoms with van der Waals surface area (Å²) >= 11 is 0. The first kappa shape index (κ1) is 13.3. The van der Waals surface area contributed by atoms with Crippen LogP contribution < -0.4 is 0 Å². The quantitative estimate of drug-likeness (QED) is 0.687. The number of ether oxygens (including phenoxy) is 1. The Balaban J connectivity index is 2.55. The van der Waals surface area contributed by atoms with E-state index in [0.29, 0.717) is 12.0 Å². The summed E-state index contributed by atoms with van der Waals surface area (Å²) in [6.45, 7) is 7.94. The van der Waals surface area contributed by atoms with Crippen molar-refractivity contribution >= 4 is 6.09 Å². The number of rotatable bonds is 1. The lowest BCUT2D eigenvalue weighted by molar-refractivity contribution is 0.0128. The monoisotopic (exact) mass is 227 g/mol. The van der Waals surface area contributed by atoms with Crippen molar-refractivity contribution in [2.75, 3.05) is 7.05 Å². The van der Waals surface area contributed by atoms with Gasteiger partial charge in [0.2, 0.25) is 0 Å². The van der Waals surface area contributed by atoms with Crippen LogP contribution in [0.5, 0.6) is 0 Å². The molecule has 16 heavy (non-hydrogen) atoms. The lowest BCUT2D eigenvalue weighted by atomic mass is 9.85. The molecule has 1 fully saturated rings. The first-order valence-electron chi connectivity index (χ1n) is 6.27. The minimum Gasteiger partial charge on any atom is -0.444 e. The van der Waals surface area contributed by atoms with Gasteiger partial charge in [0, 0.05) is 13.1 Å². The van der Waals surface area contributed by atoms with Crippen molar-refractivity contribution in [2.45, 2.75) is 65.0 Å². The normalized spacial score (nSPS) is 26.3. The van der Waals surface area contributed by atoms with Gasteiger partial charge >= 0.3 is 6.09 Å². The van der Waals surface area contributed by atoms with Gasteiger partial charge < -0.3 is 9.64 Å². The van der Waals surface area contributed by atoms with Gasteiger partial charge in [-0.05, 0) is 39.5 Å². The van der Waals surface area contributed by atoms with Crippen molar-refractivity contribution in [3.8, 4) is 0 Å². The predicted molar refractivity (Wildman–Crippen MR) is 65.4 cm³/mol. The summed E-state index contributed by atoms with van der Waals surface area (Å²) in [6.07, 6.45) is 4.66. The van der Waals surface area contributed by atoms with Crippen LogP contribution in [0.3, 0.4) is 0 Å². The third kappa shape index (κ3) is 3.69. The van der Waals surface area contributed by atoms with Crippen LogP contribution in [-0.2, 0) is 4.74 Å². The second-order valence-corrected chi connectivity index (χ2v) is 5.92. The largest absolute Gasteiger partial charge is 0.444 e. The second kappa shape index (κ2) is 5.07. The Morgan fingerprint density at radius 2 is 1.81 bits per heavy atom. The van der Waals surface area contributed by atoms with Gasteiger partial charge in [-0.15, -0.1) is 0 Å². The van der Waals surface area contributed by atoms with Gasteiger partial charge in [0.15, 0.2) is 0 Å². The highest BCUT2D eigenvalue weighted by molar-refractivity contribution is 5.68. The molecule has 3 nitrogen and oxygen atoms in total. The highest BCUT2D eigenvalue weighted by Gasteiger charge is 2.30. The smallest absolute Gasteiger partial charge is 0.410 e. The maximum Gasteiger partial charge on any atom is 0.410 e. The number of nitrogens with zero attached hydrogens (tertiary/aromatic N) is 1. The van der Waals surface area contributed by atoms with Crippen LogP contribution in [0.25, 0.3) is 0 Å².